The van der Waals surface area contributed by atoms with Crippen molar-refractivity contribution in [1.29, 1.82) is 0 Å². The zero-order valence-electron chi connectivity index (χ0n) is 6.87. The minimum atomic E-state index is 0.453. The lowest BCUT2D eigenvalue weighted by Crippen LogP contribution is -2.04. The van der Waals surface area contributed by atoms with Crippen molar-refractivity contribution in [2.24, 2.45) is 5.90 Å². The average Bonchev–Trinajstić information content (AvgIpc) is 2.04. The molecule has 0 aliphatic heterocycles. The van der Waals surface area contributed by atoms with Gasteiger partial charge in [0.15, 0.2) is 0 Å². The number of rotatable bonds is 2. The van der Waals surface area contributed by atoms with Gasteiger partial charge in [-0.15, -0.1) is 0 Å². The van der Waals surface area contributed by atoms with Crippen molar-refractivity contribution in [3.05, 3.63) is 29.8 Å². The van der Waals surface area contributed by atoms with Gasteiger partial charge in [0.05, 0.1) is 0 Å². The SMILES string of the molecule is CC(C)c1ccccc1ON. The average molecular weight is 151 g/mol. The molecule has 0 amide bonds. The summed E-state index contributed by atoms with van der Waals surface area (Å²) in [7, 11) is 0. The molecule has 0 bridgehead atoms. The molecule has 0 saturated carbocycles. The van der Waals surface area contributed by atoms with E-state index in [1.165, 1.54) is 0 Å². The van der Waals surface area contributed by atoms with Crippen molar-refractivity contribution >= 4 is 0 Å². The summed E-state index contributed by atoms with van der Waals surface area (Å²) >= 11 is 0. The van der Waals surface area contributed by atoms with Crippen LogP contribution in [0.1, 0.15) is 25.3 Å². The van der Waals surface area contributed by atoms with E-state index in [0.29, 0.717) is 5.92 Å². The zero-order valence-corrected chi connectivity index (χ0v) is 6.87. The van der Waals surface area contributed by atoms with Crippen LogP contribution in [-0.4, -0.2) is 0 Å². The molecule has 2 N–H and O–H groups in total. The molecule has 0 aromatic heterocycles. The van der Waals surface area contributed by atoms with Crippen LogP contribution in [0.4, 0.5) is 0 Å². The summed E-state index contributed by atoms with van der Waals surface area (Å²) in [6, 6.07) is 7.79. The predicted molar refractivity (Wildman–Crippen MR) is 45.3 cm³/mol. The van der Waals surface area contributed by atoms with Crippen molar-refractivity contribution in [3.8, 4) is 5.75 Å². The van der Waals surface area contributed by atoms with Crippen LogP contribution in [0.2, 0.25) is 0 Å². The maximum absolute atomic E-state index is 5.09. The molecule has 0 atom stereocenters. The summed E-state index contributed by atoms with van der Waals surface area (Å²) in [4.78, 5) is 4.71. The highest BCUT2D eigenvalue weighted by Crippen LogP contribution is 2.24. The molecular weight excluding hydrogens is 138 g/mol. The fourth-order valence-electron chi connectivity index (χ4n) is 1.06. The highest BCUT2D eigenvalue weighted by molar-refractivity contribution is 5.35. The number of hydrogen-bond acceptors (Lipinski definition) is 2. The number of nitrogens with two attached hydrogens (primary N) is 1. The maximum Gasteiger partial charge on any atom is 0.150 e. The summed E-state index contributed by atoms with van der Waals surface area (Å²) in [5.41, 5.74) is 1.15. The summed E-state index contributed by atoms with van der Waals surface area (Å²) < 4.78 is 0. The third kappa shape index (κ3) is 1.71. The van der Waals surface area contributed by atoms with Gasteiger partial charge >= 0.3 is 0 Å². The Kier molecular flexibility index (Phi) is 2.49. The van der Waals surface area contributed by atoms with Gasteiger partial charge in [-0.3, -0.25) is 0 Å². The Morgan fingerprint density at radius 2 is 1.91 bits per heavy atom. The van der Waals surface area contributed by atoms with Crippen LogP contribution in [0.25, 0.3) is 0 Å². The summed E-state index contributed by atoms with van der Waals surface area (Å²) in [6.07, 6.45) is 0. The van der Waals surface area contributed by atoms with E-state index in [-0.39, 0.29) is 0 Å². The van der Waals surface area contributed by atoms with Crippen molar-refractivity contribution in [3.63, 3.8) is 0 Å². The largest absolute Gasteiger partial charge is 0.411 e. The Morgan fingerprint density at radius 1 is 1.27 bits per heavy atom. The van der Waals surface area contributed by atoms with Gasteiger partial charge in [0.25, 0.3) is 0 Å². The Balaban J connectivity index is 3.02. The lowest BCUT2D eigenvalue weighted by molar-refractivity contribution is 0.329. The molecule has 0 spiro atoms. The quantitative estimate of drug-likeness (QED) is 0.656. The first-order chi connectivity index (χ1) is 5.25. The first-order valence-electron chi connectivity index (χ1n) is 3.71. The molecule has 1 aromatic carbocycles. The first-order valence-corrected chi connectivity index (χ1v) is 3.71. The van der Waals surface area contributed by atoms with Gasteiger partial charge in [0, 0.05) is 0 Å². The fourth-order valence-corrected chi connectivity index (χ4v) is 1.06. The second kappa shape index (κ2) is 3.39. The molecular formula is C9H13NO. The van der Waals surface area contributed by atoms with Crippen LogP contribution in [-0.2, 0) is 0 Å². The van der Waals surface area contributed by atoms with E-state index in [4.69, 9.17) is 10.7 Å². The van der Waals surface area contributed by atoms with Gasteiger partial charge in [-0.05, 0) is 17.5 Å². The highest BCUT2D eigenvalue weighted by Gasteiger charge is 2.04. The third-order valence-electron chi connectivity index (χ3n) is 1.67. The third-order valence-corrected chi connectivity index (χ3v) is 1.67. The number of hydrogen-bond donors (Lipinski definition) is 1. The van der Waals surface area contributed by atoms with E-state index >= 15 is 0 Å². The topological polar surface area (TPSA) is 35.2 Å². The van der Waals surface area contributed by atoms with E-state index in [1.807, 2.05) is 24.3 Å². The van der Waals surface area contributed by atoms with Gasteiger partial charge in [-0.2, -0.15) is 5.90 Å². The summed E-state index contributed by atoms with van der Waals surface area (Å²) in [5, 5.41) is 0. The molecule has 0 fully saturated rings. The molecule has 0 aliphatic carbocycles. The molecule has 2 nitrogen and oxygen atoms in total. The Hall–Kier alpha value is -1.02. The molecule has 11 heavy (non-hydrogen) atoms. The van der Waals surface area contributed by atoms with E-state index in [1.54, 1.807) is 0 Å². The van der Waals surface area contributed by atoms with Crippen LogP contribution >= 0.6 is 0 Å². The number of para-hydroxylation sites is 1. The summed E-state index contributed by atoms with van der Waals surface area (Å²) in [6.45, 7) is 4.22. The minimum Gasteiger partial charge on any atom is -0.411 e. The minimum absolute atomic E-state index is 0.453. The first kappa shape index (κ1) is 8.08. The Labute approximate surface area is 66.9 Å². The van der Waals surface area contributed by atoms with Gasteiger partial charge in [0.2, 0.25) is 0 Å². The maximum atomic E-state index is 5.09. The molecule has 1 rings (SSSR count). The molecule has 60 valence electrons. The lowest BCUT2D eigenvalue weighted by Gasteiger charge is -2.09. The Morgan fingerprint density at radius 3 is 2.36 bits per heavy atom. The molecule has 2 heteroatoms. The van der Waals surface area contributed by atoms with Crippen LogP contribution in [0.15, 0.2) is 24.3 Å². The number of benzene rings is 1. The monoisotopic (exact) mass is 151 g/mol. The molecule has 0 aliphatic rings. The van der Waals surface area contributed by atoms with E-state index < -0.39 is 0 Å². The second-order valence-electron chi connectivity index (χ2n) is 2.81. The van der Waals surface area contributed by atoms with E-state index in [9.17, 15) is 0 Å². The molecule has 0 heterocycles. The van der Waals surface area contributed by atoms with Crippen molar-refractivity contribution < 1.29 is 4.84 Å². The Bertz CT molecular complexity index is 233. The van der Waals surface area contributed by atoms with Gasteiger partial charge in [0.1, 0.15) is 5.75 Å². The highest BCUT2D eigenvalue weighted by atomic mass is 16.6. The molecule has 1 aromatic rings. The second-order valence-corrected chi connectivity index (χ2v) is 2.81. The molecule has 0 radical (unpaired) electrons. The van der Waals surface area contributed by atoms with E-state index in [0.717, 1.165) is 11.3 Å². The van der Waals surface area contributed by atoms with Crippen LogP contribution in [0.5, 0.6) is 5.75 Å². The lowest BCUT2D eigenvalue weighted by atomic mass is 10.0. The smallest absolute Gasteiger partial charge is 0.150 e. The van der Waals surface area contributed by atoms with E-state index in [2.05, 4.69) is 13.8 Å². The normalized spacial score (nSPS) is 10.2. The van der Waals surface area contributed by atoms with Gasteiger partial charge in [-0.25, -0.2) is 0 Å². The van der Waals surface area contributed by atoms with Crippen LogP contribution < -0.4 is 10.7 Å². The van der Waals surface area contributed by atoms with Gasteiger partial charge < -0.3 is 4.84 Å². The molecule has 0 unspecified atom stereocenters. The predicted octanol–water partition coefficient (Wildman–Crippen LogP) is 2.06. The standard InChI is InChI=1S/C9H13NO/c1-7(2)8-5-3-4-6-9(8)11-10/h3-7H,10H2,1-2H3. The van der Waals surface area contributed by atoms with Crippen LogP contribution in [0, 0.1) is 0 Å². The molecule has 0 saturated heterocycles. The van der Waals surface area contributed by atoms with Crippen LogP contribution in [0.3, 0.4) is 0 Å². The van der Waals surface area contributed by atoms with Crippen molar-refractivity contribution in [1.82, 2.24) is 0 Å². The van der Waals surface area contributed by atoms with Crippen molar-refractivity contribution in [2.75, 3.05) is 0 Å². The fraction of sp³-hybridized carbons (Fsp3) is 0.333. The zero-order chi connectivity index (χ0) is 8.27. The van der Waals surface area contributed by atoms with Gasteiger partial charge in [-0.1, -0.05) is 32.0 Å². The summed E-state index contributed by atoms with van der Waals surface area (Å²) in [5.74, 6) is 6.31. The van der Waals surface area contributed by atoms with Crippen molar-refractivity contribution in [2.45, 2.75) is 19.8 Å².